The van der Waals surface area contributed by atoms with Crippen LogP contribution < -0.4 is 0 Å². The summed E-state index contributed by atoms with van der Waals surface area (Å²) in [5.74, 6) is 0.295. The van der Waals surface area contributed by atoms with Gasteiger partial charge in [-0.3, -0.25) is 4.79 Å². The average Bonchev–Trinajstić information content (AvgIpc) is 2.31. The van der Waals surface area contributed by atoms with Crippen LogP contribution in [0, 0.1) is 5.41 Å². The lowest BCUT2D eigenvalue weighted by molar-refractivity contribution is -0.116. The number of carbonyl (C=O) groups is 1. The van der Waals surface area contributed by atoms with Crippen LogP contribution in [-0.2, 0) is 4.79 Å². The maximum Gasteiger partial charge on any atom is 0.158 e. The summed E-state index contributed by atoms with van der Waals surface area (Å²) in [7, 11) is 0. The van der Waals surface area contributed by atoms with Gasteiger partial charge in [-0.1, -0.05) is 49.8 Å². The first kappa shape index (κ1) is 14.7. The highest BCUT2D eigenvalue weighted by atomic mass is 16.1. The van der Waals surface area contributed by atoms with Crippen LogP contribution >= 0.6 is 0 Å². The predicted octanol–water partition coefficient (Wildman–Crippen LogP) is 4.77. The van der Waals surface area contributed by atoms with Crippen LogP contribution in [0.15, 0.2) is 47.1 Å². The van der Waals surface area contributed by atoms with E-state index in [1.54, 1.807) is 0 Å². The summed E-state index contributed by atoms with van der Waals surface area (Å²) in [4.78, 5) is 11.8. The fourth-order valence-corrected chi connectivity index (χ4v) is 2.27. The molecule has 0 unspecified atom stereocenters. The Labute approximate surface area is 111 Å². The van der Waals surface area contributed by atoms with Crippen LogP contribution in [0.3, 0.4) is 0 Å². The number of rotatable bonds is 3. The van der Waals surface area contributed by atoms with E-state index in [0.717, 1.165) is 12.0 Å². The molecule has 0 bridgehead atoms. The van der Waals surface area contributed by atoms with E-state index in [1.807, 2.05) is 26.0 Å². The first-order chi connectivity index (χ1) is 8.38. The Kier molecular flexibility index (Phi) is 4.89. The molecule has 0 heterocycles. The summed E-state index contributed by atoms with van der Waals surface area (Å²) in [5.41, 5.74) is 3.42. The maximum absolute atomic E-state index is 11.8. The predicted molar refractivity (Wildman–Crippen MR) is 78.4 cm³/mol. The Morgan fingerprint density at radius 2 is 2.00 bits per heavy atom. The van der Waals surface area contributed by atoms with Crippen LogP contribution in [0.4, 0.5) is 0 Å². The third kappa shape index (κ3) is 3.56. The Hall–Kier alpha value is -1.37. The third-order valence-corrected chi connectivity index (χ3v) is 3.59. The number of hydrogen-bond donors (Lipinski definition) is 0. The smallest absolute Gasteiger partial charge is 0.158 e. The van der Waals surface area contributed by atoms with Gasteiger partial charge in [0.05, 0.1) is 0 Å². The molecule has 0 radical (unpaired) electrons. The first-order valence-corrected chi connectivity index (χ1v) is 6.60. The zero-order valence-corrected chi connectivity index (χ0v) is 12.2. The second-order valence-corrected chi connectivity index (χ2v) is 5.62. The molecule has 0 saturated heterocycles. The molecule has 1 aliphatic rings. The quantitative estimate of drug-likeness (QED) is 0.653. The van der Waals surface area contributed by atoms with Crippen LogP contribution in [0.1, 0.15) is 47.5 Å². The van der Waals surface area contributed by atoms with E-state index in [2.05, 4.69) is 39.0 Å². The van der Waals surface area contributed by atoms with Gasteiger partial charge in [-0.25, -0.2) is 0 Å². The molecule has 0 atom stereocenters. The van der Waals surface area contributed by atoms with Crippen molar-refractivity contribution in [1.29, 1.82) is 0 Å². The van der Waals surface area contributed by atoms with Crippen LogP contribution in [0.25, 0.3) is 0 Å². The second-order valence-electron chi connectivity index (χ2n) is 5.62. The molecule has 0 aliphatic heterocycles. The van der Waals surface area contributed by atoms with Gasteiger partial charge in [-0.05, 0) is 43.8 Å². The minimum atomic E-state index is 0.107. The van der Waals surface area contributed by atoms with Gasteiger partial charge in [0.1, 0.15) is 0 Å². The van der Waals surface area contributed by atoms with E-state index in [-0.39, 0.29) is 5.41 Å². The van der Waals surface area contributed by atoms with Crippen LogP contribution in [-0.4, -0.2) is 5.78 Å². The standard InChI is InChI=1S/C17H24O/c1-6-7-8-13(2)9-10-15-14(3)16(18)11-12-17(15,4)5/h6-10H,11-12H2,1-5H3. The number of ketones is 1. The second kappa shape index (κ2) is 5.99. The van der Waals surface area contributed by atoms with Gasteiger partial charge in [0, 0.05) is 6.42 Å². The minimum Gasteiger partial charge on any atom is -0.295 e. The Morgan fingerprint density at radius 3 is 2.61 bits per heavy atom. The molecule has 98 valence electrons. The lowest BCUT2D eigenvalue weighted by Gasteiger charge is -2.32. The van der Waals surface area contributed by atoms with E-state index >= 15 is 0 Å². The highest BCUT2D eigenvalue weighted by Crippen LogP contribution is 2.39. The fourth-order valence-electron chi connectivity index (χ4n) is 2.27. The van der Waals surface area contributed by atoms with Crippen molar-refractivity contribution in [1.82, 2.24) is 0 Å². The van der Waals surface area contributed by atoms with Crippen molar-refractivity contribution < 1.29 is 4.79 Å². The maximum atomic E-state index is 11.8. The van der Waals surface area contributed by atoms with Crippen LogP contribution in [0.2, 0.25) is 0 Å². The molecule has 0 saturated carbocycles. The van der Waals surface area contributed by atoms with Gasteiger partial charge in [0.25, 0.3) is 0 Å². The molecule has 0 N–H and O–H groups in total. The molecule has 1 rings (SSSR count). The monoisotopic (exact) mass is 244 g/mol. The van der Waals surface area contributed by atoms with E-state index in [9.17, 15) is 4.79 Å². The number of Topliss-reactive ketones (excluding diaryl/α,β-unsaturated/α-hetero) is 1. The van der Waals surface area contributed by atoms with Gasteiger partial charge in [-0.15, -0.1) is 0 Å². The first-order valence-electron chi connectivity index (χ1n) is 6.60. The van der Waals surface area contributed by atoms with Crippen molar-refractivity contribution in [2.45, 2.75) is 47.5 Å². The van der Waals surface area contributed by atoms with E-state index in [0.29, 0.717) is 12.2 Å². The zero-order chi connectivity index (χ0) is 13.8. The molecule has 0 aromatic carbocycles. The normalized spacial score (nSPS) is 21.4. The molecule has 18 heavy (non-hydrogen) atoms. The zero-order valence-electron chi connectivity index (χ0n) is 12.2. The fraction of sp³-hybridized carbons (Fsp3) is 0.471. The van der Waals surface area contributed by atoms with Crippen molar-refractivity contribution in [3.05, 3.63) is 47.1 Å². The van der Waals surface area contributed by atoms with Gasteiger partial charge >= 0.3 is 0 Å². The summed E-state index contributed by atoms with van der Waals surface area (Å²) in [5, 5.41) is 0. The van der Waals surface area contributed by atoms with Gasteiger partial charge in [0.2, 0.25) is 0 Å². The summed E-state index contributed by atoms with van der Waals surface area (Å²) in [6, 6.07) is 0. The SMILES string of the molecule is CC=CC=C(C)C=CC1=C(C)C(=O)CCC1(C)C. The van der Waals surface area contributed by atoms with Gasteiger partial charge < -0.3 is 0 Å². The molecular weight excluding hydrogens is 220 g/mol. The van der Waals surface area contributed by atoms with E-state index < -0.39 is 0 Å². The highest BCUT2D eigenvalue weighted by molar-refractivity contribution is 5.97. The topological polar surface area (TPSA) is 17.1 Å². The Bertz CT molecular complexity index is 442. The van der Waals surface area contributed by atoms with Gasteiger partial charge in [-0.2, -0.15) is 0 Å². The molecular formula is C17H24O. The van der Waals surface area contributed by atoms with E-state index in [1.165, 1.54) is 11.1 Å². The summed E-state index contributed by atoms with van der Waals surface area (Å²) in [6.45, 7) is 10.5. The summed E-state index contributed by atoms with van der Waals surface area (Å²) < 4.78 is 0. The molecule has 0 aromatic rings. The average molecular weight is 244 g/mol. The van der Waals surface area contributed by atoms with Crippen molar-refractivity contribution in [2.75, 3.05) is 0 Å². The van der Waals surface area contributed by atoms with E-state index in [4.69, 9.17) is 0 Å². The summed E-state index contributed by atoms with van der Waals surface area (Å²) >= 11 is 0. The molecule has 0 aromatic heterocycles. The molecule has 0 amide bonds. The molecule has 1 heteroatoms. The van der Waals surface area contributed by atoms with Crippen molar-refractivity contribution in [3.63, 3.8) is 0 Å². The molecule has 0 spiro atoms. The minimum absolute atomic E-state index is 0.107. The number of allylic oxidation sites excluding steroid dienone is 8. The summed E-state index contributed by atoms with van der Waals surface area (Å²) in [6.07, 6.45) is 11.9. The molecule has 1 aliphatic carbocycles. The lowest BCUT2D eigenvalue weighted by atomic mass is 9.72. The van der Waals surface area contributed by atoms with Crippen molar-refractivity contribution >= 4 is 5.78 Å². The Balaban J connectivity index is 3.03. The van der Waals surface area contributed by atoms with Crippen molar-refractivity contribution in [3.8, 4) is 0 Å². The largest absolute Gasteiger partial charge is 0.295 e. The van der Waals surface area contributed by atoms with Gasteiger partial charge in [0.15, 0.2) is 5.78 Å². The lowest BCUT2D eigenvalue weighted by Crippen LogP contribution is -2.24. The molecule has 1 nitrogen and oxygen atoms in total. The Morgan fingerprint density at radius 1 is 1.33 bits per heavy atom. The molecule has 0 fully saturated rings. The number of carbonyl (C=O) groups excluding carboxylic acids is 1. The van der Waals surface area contributed by atoms with Crippen LogP contribution in [0.5, 0.6) is 0 Å². The highest BCUT2D eigenvalue weighted by Gasteiger charge is 2.30. The third-order valence-electron chi connectivity index (χ3n) is 3.59. The van der Waals surface area contributed by atoms with Crippen molar-refractivity contribution in [2.24, 2.45) is 5.41 Å². The number of hydrogen-bond acceptors (Lipinski definition) is 1.